The van der Waals surface area contributed by atoms with Gasteiger partial charge in [0.15, 0.2) is 0 Å². The highest BCUT2D eigenvalue weighted by Crippen LogP contribution is 2.36. The molecule has 4 heteroatoms. The fraction of sp³-hybridized carbons (Fsp3) is 0.462. The van der Waals surface area contributed by atoms with Crippen molar-refractivity contribution in [2.75, 3.05) is 0 Å². The molecule has 0 atom stereocenters. The van der Waals surface area contributed by atoms with E-state index in [0.29, 0.717) is 0 Å². The predicted octanol–water partition coefficient (Wildman–Crippen LogP) is 5.24. The molecule has 30 heavy (non-hydrogen) atoms. The van der Waals surface area contributed by atoms with Crippen LogP contribution < -0.4 is 0 Å². The zero-order chi connectivity index (χ0) is 19.9. The Balaban J connectivity index is 1.56. The largest absolute Gasteiger partial charge is 0.254 e. The SMILES string of the molecule is c1cc2c(c(-c3nc4c(nc3-c3ccc5c(n3)CCCC5)CCCC4)n1)CCCC2. The molecule has 3 aromatic heterocycles. The van der Waals surface area contributed by atoms with Crippen LogP contribution in [0.25, 0.3) is 22.8 Å². The molecule has 3 aliphatic rings. The average Bonchev–Trinajstić information content (AvgIpc) is 2.82. The Hall–Kier alpha value is -2.62. The lowest BCUT2D eigenvalue weighted by Crippen LogP contribution is -2.14. The average molecular weight is 397 g/mol. The summed E-state index contributed by atoms with van der Waals surface area (Å²) in [4.78, 5) is 20.4. The van der Waals surface area contributed by atoms with Crippen LogP contribution in [0.3, 0.4) is 0 Å². The molecule has 3 aliphatic carbocycles. The number of hydrogen-bond donors (Lipinski definition) is 0. The standard InChI is InChI=1S/C26H28N4/c1-3-9-19-17(7-1)15-16-27-24(19)26-25(29-21-11-5-6-12-22(21)30-26)23-14-13-18-8-2-4-10-20(18)28-23/h13-16H,1-12H2. The minimum atomic E-state index is 0.940. The van der Waals surface area contributed by atoms with E-state index in [1.54, 1.807) is 0 Å². The first-order valence-corrected chi connectivity index (χ1v) is 11.7. The molecule has 0 aliphatic heterocycles. The number of aryl methyl sites for hydroxylation is 5. The van der Waals surface area contributed by atoms with Crippen molar-refractivity contribution in [3.05, 3.63) is 58.2 Å². The van der Waals surface area contributed by atoms with Crippen molar-refractivity contribution in [2.24, 2.45) is 0 Å². The summed E-state index contributed by atoms with van der Waals surface area (Å²) >= 11 is 0. The molecule has 0 saturated heterocycles. The van der Waals surface area contributed by atoms with Crippen LogP contribution in [0.5, 0.6) is 0 Å². The molecule has 0 amide bonds. The summed E-state index contributed by atoms with van der Waals surface area (Å²) in [5, 5.41) is 0. The van der Waals surface area contributed by atoms with Crippen LogP contribution in [0, 0.1) is 0 Å². The summed E-state index contributed by atoms with van der Waals surface area (Å²) in [6.07, 6.45) is 15.9. The first-order chi connectivity index (χ1) is 14.9. The summed E-state index contributed by atoms with van der Waals surface area (Å²) < 4.78 is 0. The van der Waals surface area contributed by atoms with Crippen LogP contribution in [0.1, 0.15) is 72.3 Å². The molecular formula is C26H28N4. The summed E-state index contributed by atoms with van der Waals surface area (Å²) in [6, 6.07) is 6.64. The third kappa shape index (κ3) is 3.13. The second-order valence-electron chi connectivity index (χ2n) is 9.04. The lowest BCUT2D eigenvalue weighted by molar-refractivity contribution is 0.649. The van der Waals surface area contributed by atoms with E-state index in [0.717, 1.165) is 61.3 Å². The van der Waals surface area contributed by atoms with E-state index in [1.165, 1.54) is 72.3 Å². The molecule has 0 fully saturated rings. The van der Waals surface area contributed by atoms with Gasteiger partial charge in [0.2, 0.25) is 0 Å². The molecule has 6 rings (SSSR count). The molecule has 0 radical (unpaired) electrons. The highest BCUT2D eigenvalue weighted by atomic mass is 14.9. The van der Waals surface area contributed by atoms with Crippen LogP contribution in [-0.2, 0) is 38.5 Å². The van der Waals surface area contributed by atoms with Crippen molar-refractivity contribution in [3.63, 3.8) is 0 Å². The van der Waals surface area contributed by atoms with Gasteiger partial charge >= 0.3 is 0 Å². The molecule has 0 saturated carbocycles. The first-order valence-electron chi connectivity index (χ1n) is 11.7. The molecule has 0 N–H and O–H groups in total. The Morgan fingerprint density at radius 1 is 0.500 bits per heavy atom. The topological polar surface area (TPSA) is 51.6 Å². The minimum absolute atomic E-state index is 0.940. The van der Waals surface area contributed by atoms with Gasteiger partial charge in [-0.25, -0.2) is 9.97 Å². The van der Waals surface area contributed by atoms with Crippen molar-refractivity contribution in [2.45, 2.75) is 77.0 Å². The second kappa shape index (κ2) is 7.57. The van der Waals surface area contributed by atoms with Gasteiger partial charge in [0.05, 0.1) is 22.8 Å². The van der Waals surface area contributed by atoms with Crippen molar-refractivity contribution >= 4 is 0 Å². The normalized spacial score (nSPS) is 17.7. The Kier molecular flexibility index (Phi) is 4.59. The van der Waals surface area contributed by atoms with Crippen LogP contribution in [0.4, 0.5) is 0 Å². The Labute approximate surface area is 178 Å². The smallest absolute Gasteiger partial charge is 0.117 e. The molecule has 0 aromatic carbocycles. The number of rotatable bonds is 2. The summed E-state index contributed by atoms with van der Waals surface area (Å²) in [7, 11) is 0. The van der Waals surface area contributed by atoms with Crippen LogP contribution in [-0.4, -0.2) is 19.9 Å². The quantitative estimate of drug-likeness (QED) is 0.595. The van der Waals surface area contributed by atoms with E-state index in [1.807, 2.05) is 6.20 Å². The second-order valence-corrected chi connectivity index (χ2v) is 9.04. The van der Waals surface area contributed by atoms with Gasteiger partial charge in [-0.1, -0.05) is 6.07 Å². The zero-order valence-electron chi connectivity index (χ0n) is 17.6. The maximum atomic E-state index is 5.22. The molecule has 0 unspecified atom stereocenters. The van der Waals surface area contributed by atoms with Crippen molar-refractivity contribution in [3.8, 4) is 22.8 Å². The molecule has 0 spiro atoms. The molecule has 4 nitrogen and oxygen atoms in total. The third-order valence-corrected chi connectivity index (χ3v) is 7.05. The van der Waals surface area contributed by atoms with Gasteiger partial charge in [-0.3, -0.25) is 9.97 Å². The van der Waals surface area contributed by atoms with E-state index in [4.69, 9.17) is 19.9 Å². The zero-order valence-corrected chi connectivity index (χ0v) is 17.6. The van der Waals surface area contributed by atoms with E-state index in [2.05, 4.69) is 18.2 Å². The van der Waals surface area contributed by atoms with Crippen molar-refractivity contribution < 1.29 is 0 Å². The van der Waals surface area contributed by atoms with Gasteiger partial charge in [0, 0.05) is 11.9 Å². The summed E-state index contributed by atoms with van der Waals surface area (Å²) in [6.45, 7) is 0. The van der Waals surface area contributed by atoms with Crippen molar-refractivity contribution in [1.29, 1.82) is 0 Å². The van der Waals surface area contributed by atoms with Crippen LogP contribution in [0.15, 0.2) is 24.4 Å². The first kappa shape index (κ1) is 18.2. The van der Waals surface area contributed by atoms with Gasteiger partial charge in [0.25, 0.3) is 0 Å². The Morgan fingerprint density at radius 3 is 2.00 bits per heavy atom. The van der Waals surface area contributed by atoms with Gasteiger partial charge in [0.1, 0.15) is 11.4 Å². The number of nitrogens with zero attached hydrogens (tertiary/aromatic N) is 4. The summed E-state index contributed by atoms with van der Waals surface area (Å²) in [5.74, 6) is 0. The number of fused-ring (bicyclic) bond motifs is 3. The number of hydrogen-bond acceptors (Lipinski definition) is 4. The van der Waals surface area contributed by atoms with Gasteiger partial charge < -0.3 is 0 Å². The van der Waals surface area contributed by atoms with E-state index in [-0.39, 0.29) is 0 Å². The van der Waals surface area contributed by atoms with Crippen LogP contribution >= 0.6 is 0 Å². The lowest BCUT2D eigenvalue weighted by atomic mass is 9.89. The highest BCUT2D eigenvalue weighted by molar-refractivity contribution is 5.77. The summed E-state index contributed by atoms with van der Waals surface area (Å²) in [5.41, 5.74) is 11.7. The van der Waals surface area contributed by atoms with E-state index in [9.17, 15) is 0 Å². The van der Waals surface area contributed by atoms with Gasteiger partial charge in [-0.15, -0.1) is 0 Å². The number of pyridine rings is 2. The Morgan fingerprint density at radius 2 is 1.17 bits per heavy atom. The fourth-order valence-electron chi connectivity index (χ4n) is 5.41. The molecule has 3 heterocycles. The van der Waals surface area contributed by atoms with Crippen LogP contribution in [0.2, 0.25) is 0 Å². The molecular weight excluding hydrogens is 368 g/mol. The van der Waals surface area contributed by atoms with Crippen molar-refractivity contribution in [1.82, 2.24) is 19.9 Å². The number of aromatic nitrogens is 4. The third-order valence-electron chi connectivity index (χ3n) is 7.05. The van der Waals surface area contributed by atoms with Gasteiger partial charge in [-0.05, 0) is 106 Å². The predicted molar refractivity (Wildman–Crippen MR) is 118 cm³/mol. The maximum absolute atomic E-state index is 5.22. The molecule has 152 valence electrons. The lowest BCUT2D eigenvalue weighted by Gasteiger charge is -2.22. The monoisotopic (exact) mass is 396 g/mol. The highest BCUT2D eigenvalue weighted by Gasteiger charge is 2.24. The van der Waals surface area contributed by atoms with Gasteiger partial charge in [-0.2, -0.15) is 0 Å². The minimum Gasteiger partial charge on any atom is -0.254 e. The van der Waals surface area contributed by atoms with E-state index < -0.39 is 0 Å². The van der Waals surface area contributed by atoms with E-state index >= 15 is 0 Å². The Bertz CT molecular complexity index is 1120. The fourth-order valence-corrected chi connectivity index (χ4v) is 5.41. The molecule has 0 bridgehead atoms. The maximum Gasteiger partial charge on any atom is 0.117 e. The molecule has 3 aromatic rings.